The molecule has 2 aromatic heterocycles. The smallest absolute Gasteiger partial charge is 0.120 e. The molecule has 3 heterocycles. The standard InChI is InChI=1S/C23H30N4O.CH4/c1-17-5-6-21-19(13-17)20-14-26(4)12-9-22(20)27(21)16-23(28,15-25(2)3)18-7-10-24-11-8-18;/h5-8,10-11,13,28H,9,12,14-16H2,1-4H3;1H4. The number of hydrogen-bond donors (Lipinski definition) is 1. The first-order chi connectivity index (χ1) is 13.4. The average Bonchev–Trinajstić information content (AvgIpc) is 2.94. The molecule has 29 heavy (non-hydrogen) atoms. The van der Waals surface area contributed by atoms with Crippen molar-refractivity contribution in [3.63, 3.8) is 0 Å². The maximum absolute atomic E-state index is 11.8. The highest BCUT2D eigenvalue weighted by molar-refractivity contribution is 5.86. The normalized spacial score (nSPS) is 16.5. The van der Waals surface area contributed by atoms with Gasteiger partial charge in [0.25, 0.3) is 0 Å². The maximum atomic E-state index is 11.8. The fraction of sp³-hybridized carbons (Fsp3) is 0.458. The van der Waals surface area contributed by atoms with Crippen LogP contribution in [0.1, 0.15) is 29.8 Å². The number of benzene rings is 1. The van der Waals surface area contributed by atoms with Crippen molar-refractivity contribution >= 4 is 10.9 Å². The van der Waals surface area contributed by atoms with E-state index in [9.17, 15) is 5.11 Å². The van der Waals surface area contributed by atoms with Gasteiger partial charge in [-0.25, -0.2) is 0 Å². The van der Waals surface area contributed by atoms with Crippen molar-refractivity contribution in [3.8, 4) is 0 Å². The van der Waals surface area contributed by atoms with Gasteiger partial charge in [0.1, 0.15) is 5.60 Å². The van der Waals surface area contributed by atoms with E-state index in [0.29, 0.717) is 13.1 Å². The molecule has 156 valence electrons. The number of fused-ring (bicyclic) bond motifs is 3. The lowest BCUT2D eigenvalue weighted by molar-refractivity contribution is -0.00448. The molecule has 1 N–H and O–H groups in total. The van der Waals surface area contributed by atoms with Crippen LogP contribution in [0.4, 0.5) is 0 Å². The molecule has 1 atom stereocenters. The van der Waals surface area contributed by atoms with Gasteiger partial charge in [-0.3, -0.25) is 4.98 Å². The summed E-state index contributed by atoms with van der Waals surface area (Å²) in [4.78, 5) is 8.57. The predicted octanol–water partition coefficient (Wildman–Crippen LogP) is 3.42. The highest BCUT2D eigenvalue weighted by atomic mass is 16.3. The molecular weight excluding hydrogens is 360 g/mol. The Bertz CT molecular complexity index is 979. The second kappa shape index (κ2) is 8.27. The van der Waals surface area contributed by atoms with Gasteiger partial charge in [-0.2, -0.15) is 0 Å². The molecule has 0 aliphatic carbocycles. The number of aromatic nitrogens is 2. The number of rotatable bonds is 5. The third-order valence-electron chi connectivity index (χ3n) is 5.82. The summed E-state index contributed by atoms with van der Waals surface area (Å²) in [6, 6.07) is 10.5. The van der Waals surface area contributed by atoms with E-state index in [1.54, 1.807) is 12.4 Å². The minimum atomic E-state index is -0.986. The molecule has 0 radical (unpaired) electrons. The quantitative estimate of drug-likeness (QED) is 0.720. The van der Waals surface area contributed by atoms with Crippen molar-refractivity contribution in [3.05, 3.63) is 65.1 Å². The van der Waals surface area contributed by atoms with E-state index >= 15 is 0 Å². The number of hydrogen-bond acceptors (Lipinski definition) is 4. The molecule has 3 aromatic rings. The van der Waals surface area contributed by atoms with Gasteiger partial charge in [-0.05, 0) is 63.5 Å². The lowest BCUT2D eigenvalue weighted by atomic mass is 9.93. The highest BCUT2D eigenvalue weighted by Crippen LogP contribution is 2.34. The third-order valence-corrected chi connectivity index (χ3v) is 5.82. The summed E-state index contributed by atoms with van der Waals surface area (Å²) in [6.45, 7) is 5.24. The summed E-state index contributed by atoms with van der Waals surface area (Å²) in [5, 5.41) is 13.1. The maximum Gasteiger partial charge on any atom is 0.120 e. The Hall–Kier alpha value is -2.21. The zero-order valence-electron chi connectivity index (χ0n) is 17.3. The van der Waals surface area contributed by atoms with Crippen LogP contribution in [-0.2, 0) is 25.1 Å². The Morgan fingerprint density at radius 2 is 1.90 bits per heavy atom. The summed E-state index contributed by atoms with van der Waals surface area (Å²) >= 11 is 0. The van der Waals surface area contributed by atoms with E-state index in [-0.39, 0.29) is 7.43 Å². The lowest BCUT2D eigenvalue weighted by Gasteiger charge is -2.33. The number of aliphatic hydroxyl groups is 1. The molecule has 0 amide bonds. The van der Waals surface area contributed by atoms with Gasteiger partial charge >= 0.3 is 0 Å². The van der Waals surface area contributed by atoms with Crippen LogP contribution in [0.3, 0.4) is 0 Å². The summed E-state index contributed by atoms with van der Waals surface area (Å²) in [7, 11) is 6.20. The molecule has 5 heteroatoms. The minimum Gasteiger partial charge on any atom is -0.382 e. The van der Waals surface area contributed by atoms with Crippen LogP contribution < -0.4 is 0 Å². The van der Waals surface area contributed by atoms with E-state index in [4.69, 9.17) is 0 Å². The van der Waals surface area contributed by atoms with Crippen molar-refractivity contribution in [2.24, 2.45) is 0 Å². The number of likely N-dealkylation sites (N-methyl/N-ethyl adjacent to an activating group) is 2. The average molecular weight is 395 g/mol. The first-order valence-corrected chi connectivity index (χ1v) is 9.94. The van der Waals surface area contributed by atoms with Gasteiger partial charge in [0.05, 0.1) is 6.54 Å². The molecule has 0 fully saturated rings. The Morgan fingerprint density at radius 3 is 2.59 bits per heavy atom. The second-order valence-corrected chi connectivity index (χ2v) is 8.53. The van der Waals surface area contributed by atoms with E-state index in [0.717, 1.165) is 25.1 Å². The predicted molar refractivity (Wildman–Crippen MR) is 120 cm³/mol. The molecule has 0 spiro atoms. The van der Waals surface area contributed by atoms with Crippen LogP contribution in [0.2, 0.25) is 0 Å². The number of pyridine rings is 1. The monoisotopic (exact) mass is 394 g/mol. The summed E-state index contributed by atoms with van der Waals surface area (Å²) in [5.74, 6) is 0. The largest absolute Gasteiger partial charge is 0.382 e. The first kappa shape index (κ1) is 21.5. The molecule has 5 nitrogen and oxygen atoms in total. The van der Waals surface area contributed by atoms with Gasteiger partial charge < -0.3 is 19.5 Å². The second-order valence-electron chi connectivity index (χ2n) is 8.53. The first-order valence-electron chi connectivity index (χ1n) is 9.94. The van der Waals surface area contributed by atoms with Gasteiger partial charge in [0.15, 0.2) is 0 Å². The fourth-order valence-electron chi connectivity index (χ4n) is 4.56. The van der Waals surface area contributed by atoms with Gasteiger partial charge in [-0.1, -0.05) is 19.1 Å². The molecule has 1 aromatic carbocycles. The van der Waals surface area contributed by atoms with Crippen LogP contribution in [0, 0.1) is 6.92 Å². The molecule has 0 bridgehead atoms. The van der Waals surface area contributed by atoms with Crippen LogP contribution >= 0.6 is 0 Å². The van der Waals surface area contributed by atoms with Gasteiger partial charge in [0.2, 0.25) is 0 Å². The summed E-state index contributed by atoms with van der Waals surface area (Å²) in [5.41, 5.74) is 5.20. The molecule has 4 rings (SSSR count). The Balaban J connectivity index is 0.00000240. The van der Waals surface area contributed by atoms with Crippen LogP contribution in [-0.4, -0.2) is 58.7 Å². The van der Waals surface area contributed by atoms with E-state index in [1.807, 2.05) is 26.2 Å². The van der Waals surface area contributed by atoms with Gasteiger partial charge in [-0.15, -0.1) is 0 Å². The topological polar surface area (TPSA) is 44.5 Å². The van der Waals surface area contributed by atoms with E-state index in [2.05, 4.69) is 51.5 Å². The molecule has 0 saturated carbocycles. The number of nitrogens with zero attached hydrogens (tertiary/aromatic N) is 4. The molecule has 1 unspecified atom stereocenters. The summed E-state index contributed by atoms with van der Waals surface area (Å²) in [6.07, 6.45) is 4.53. The molecule has 1 aliphatic heterocycles. The zero-order valence-corrected chi connectivity index (χ0v) is 17.3. The third kappa shape index (κ3) is 4.08. The molecule has 1 aliphatic rings. The fourth-order valence-corrected chi connectivity index (χ4v) is 4.56. The van der Waals surface area contributed by atoms with Crippen molar-refractivity contribution < 1.29 is 5.11 Å². The van der Waals surface area contributed by atoms with Gasteiger partial charge in [0, 0.05) is 55.0 Å². The van der Waals surface area contributed by atoms with Crippen LogP contribution in [0.25, 0.3) is 10.9 Å². The Morgan fingerprint density at radius 1 is 1.17 bits per heavy atom. The minimum absolute atomic E-state index is 0. The summed E-state index contributed by atoms with van der Waals surface area (Å²) < 4.78 is 2.36. The Kier molecular flexibility index (Phi) is 6.13. The molecule has 0 saturated heterocycles. The number of aryl methyl sites for hydroxylation is 1. The lowest BCUT2D eigenvalue weighted by Crippen LogP contribution is -2.42. The van der Waals surface area contributed by atoms with Crippen molar-refractivity contribution in [2.45, 2.75) is 39.5 Å². The van der Waals surface area contributed by atoms with E-state index < -0.39 is 5.60 Å². The zero-order chi connectivity index (χ0) is 19.9. The van der Waals surface area contributed by atoms with E-state index in [1.165, 1.54) is 27.7 Å². The highest BCUT2D eigenvalue weighted by Gasteiger charge is 2.33. The van der Waals surface area contributed by atoms with Crippen LogP contribution in [0.15, 0.2) is 42.7 Å². The van der Waals surface area contributed by atoms with Crippen molar-refractivity contribution in [1.29, 1.82) is 0 Å². The van der Waals surface area contributed by atoms with Crippen molar-refractivity contribution in [1.82, 2.24) is 19.4 Å². The molecular formula is C24H34N4O. The SMILES string of the molecule is C.Cc1ccc2c(c1)c1c(n2CC(O)(CN(C)C)c2ccncc2)CCN(C)C1. The van der Waals surface area contributed by atoms with Crippen molar-refractivity contribution in [2.75, 3.05) is 34.2 Å². The Labute approximate surface area is 174 Å². The van der Waals surface area contributed by atoms with Crippen LogP contribution in [0.5, 0.6) is 0 Å².